The van der Waals surface area contributed by atoms with Gasteiger partial charge in [-0.3, -0.25) is 14.1 Å². The van der Waals surface area contributed by atoms with Crippen LogP contribution in [0, 0.1) is 5.92 Å². The Morgan fingerprint density at radius 3 is 1.65 bits per heavy atom. The molecule has 52 heavy (non-hydrogen) atoms. The van der Waals surface area contributed by atoms with Crippen LogP contribution in [0.3, 0.4) is 0 Å². The second-order valence-corrected chi connectivity index (χ2v) is 15.2. The van der Waals surface area contributed by atoms with E-state index >= 15 is 0 Å². The molecule has 0 heterocycles. The van der Waals surface area contributed by atoms with Gasteiger partial charge in [0.2, 0.25) is 0 Å². The second kappa shape index (κ2) is 35.7. The van der Waals surface area contributed by atoms with Gasteiger partial charge >= 0.3 is 19.8 Å². The van der Waals surface area contributed by atoms with Gasteiger partial charge in [0.1, 0.15) is 6.61 Å². The normalized spacial score (nSPS) is 13.8. The Morgan fingerprint density at radius 1 is 0.615 bits per heavy atom. The van der Waals surface area contributed by atoms with E-state index < -0.39 is 38.6 Å². The van der Waals surface area contributed by atoms with E-state index in [1.165, 1.54) is 64.2 Å². The first-order valence-electron chi connectivity index (χ1n) is 20.0. The van der Waals surface area contributed by atoms with Crippen LogP contribution in [0.25, 0.3) is 0 Å². The van der Waals surface area contributed by atoms with E-state index in [0.29, 0.717) is 19.3 Å². The number of carbonyl (C=O) groups excluding carboxylic acids is 2. The molecule has 0 aliphatic heterocycles. The fourth-order valence-corrected chi connectivity index (χ4v) is 5.71. The monoisotopic (exact) mass is 752 g/mol. The maximum absolute atomic E-state index is 12.4. The van der Waals surface area contributed by atoms with E-state index in [1.54, 1.807) is 12.2 Å². The van der Waals surface area contributed by atoms with Gasteiger partial charge in [-0.25, -0.2) is 4.57 Å². The molecule has 0 aliphatic carbocycles. The summed E-state index contributed by atoms with van der Waals surface area (Å²) in [6.45, 7) is 5.72. The Morgan fingerprint density at radius 2 is 1.12 bits per heavy atom. The zero-order valence-electron chi connectivity index (χ0n) is 32.7. The van der Waals surface area contributed by atoms with E-state index in [1.807, 2.05) is 12.2 Å². The van der Waals surface area contributed by atoms with E-state index in [4.69, 9.17) is 19.3 Å². The lowest BCUT2D eigenvalue weighted by Gasteiger charge is -2.18. The minimum absolute atomic E-state index is 0.0352. The summed E-state index contributed by atoms with van der Waals surface area (Å²) in [5, 5.41) is 10.2. The summed E-state index contributed by atoms with van der Waals surface area (Å²) in [6, 6.07) is 0. The van der Waals surface area contributed by atoms with Crippen LogP contribution in [-0.4, -0.2) is 52.3 Å². The molecule has 2 atom stereocenters. The average molecular weight is 753 g/mol. The molecule has 3 N–H and O–H groups in total. The number of allylic oxidation sites excluding steroid dienone is 9. The van der Waals surface area contributed by atoms with E-state index in [2.05, 4.69) is 61.8 Å². The van der Waals surface area contributed by atoms with Gasteiger partial charge < -0.3 is 24.4 Å². The molecular weight excluding hydrogens is 679 g/mol. The molecule has 1 unspecified atom stereocenters. The first kappa shape index (κ1) is 49.7. The molecule has 0 saturated heterocycles. The Hall–Kier alpha value is -2.29. The number of carbonyl (C=O) groups is 2. The molecule has 0 spiro atoms. The minimum atomic E-state index is -4.80. The van der Waals surface area contributed by atoms with Crippen molar-refractivity contribution in [2.75, 3.05) is 13.2 Å². The Labute approximate surface area is 316 Å². The first-order valence-corrected chi connectivity index (χ1v) is 21.6. The predicted molar refractivity (Wildman–Crippen MR) is 213 cm³/mol. The number of rotatable bonds is 35. The van der Waals surface area contributed by atoms with Crippen molar-refractivity contribution in [1.82, 2.24) is 0 Å². The molecule has 9 nitrogen and oxygen atoms in total. The van der Waals surface area contributed by atoms with Crippen LogP contribution < -0.4 is 0 Å². The lowest BCUT2D eigenvalue weighted by atomic mass is 10.0. The van der Waals surface area contributed by atoms with E-state index in [-0.39, 0.29) is 19.4 Å². The first-order chi connectivity index (χ1) is 25.0. The molecule has 0 amide bonds. The topological polar surface area (TPSA) is 140 Å². The molecule has 0 aromatic heterocycles. The number of hydrogen-bond acceptors (Lipinski definition) is 7. The van der Waals surface area contributed by atoms with Gasteiger partial charge in [0, 0.05) is 12.8 Å². The highest BCUT2D eigenvalue weighted by Gasteiger charge is 2.23. The number of ether oxygens (including phenoxy) is 2. The van der Waals surface area contributed by atoms with Crippen LogP contribution in [0.5, 0.6) is 0 Å². The van der Waals surface area contributed by atoms with Crippen LogP contribution in [0.2, 0.25) is 0 Å². The molecular formula is C42H73O9P. The molecule has 0 aromatic carbocycles. The van der Waals surface area contributed by atoms with Crippen LogP contribution in [0.1, 0.15) is 162 Å². The van der Waals surface area contributed by atoms with Crippen LogP contribution >= 0.6 is 7.82 Å². The molecule has 0 fully saturated rings. The predicted octanol–water partition coefficient (Wildman–Crippen LogP) is 11.0. The highest BCUT2D eigenvalue weighted by Crippen LogP contribution is 2.36. The largest absolute Gasteiger partial charge is 0.469 e. The highest BCUT2D eigenvalue weighted by atomic mass is 31.2. The Bertz CT molecular complexity index is 1060. The molecule has 10 heteroatoms. The number of phosphoric ester groups is 1. The maximum atomic E-state index is 12.4. The number of phosphoric acid groups is 1. The number of aliphatic hydroxyl groups is 1. The summed E-state index contributed by atoms with van der Waals surface area (Å²) in [5.41, 5.74) is 0. The fourth-order valence-electron chi connectivity index (χ4n) is 5.35. The van der Waals surface area contributed by atoms with Crippen molar-refractivity contribution >= 4 is 19.8 Å². The highest BCUT2D eigenvalue weighted by molar-refractivity contribution is 7.46. The van der Waals surface area contributed by atoms with Crippen molar-refractivity contribution in [3.8, 4) is 0 Å². The summed E-state index contributed by atoms with van der Waals surface area (Å²) in [7, 11) is -4.80. The third kappa shape index (κ3) is 38.9. The summed E-state index contributed by atoms with van der Waals surface area (Å²) in [4.78, 5) is 42.8. The van der Waals surface area contributed by atoms with Crippen molar-refractivity contribution in [2.45, 2.75) is 174 Å². The third-order valence-corrected chi connectivity index (χ3v) is 8.82. The Balaban J connectivity index is 4.14. The Kier molecular flexibility index (Phi) is 34.2. The average Bonchev–Trinajstić information content (AvgIpc) is 3.09. The van der Waals surface area contributed by atoms with E-state index in [9.17, 15) is 19.3 Å². The summed E-state index contributed by atoms with van der Waals surface area (Å²) >= 11 is 0. The molecule has 0 bridgehead atoms. The zero-order valence-corrected chi connectivity index (χ0v) is 33.6. The molecule has 0 saturated carbocycles. The van der Waals surface area contributed by atoms with Gasteiger partial charge in [-0.1, -0.05) is 165 Å². The number of unbranched alkanes of at least 4 members (excludes halogenated alkanes) is 12. The quantitative estimate of drug-likeness (QED) is 0.0190. The summed E-state index contributed by atoms with van der Waals surface area (Å²) < 4.78 is 26.2. The van der Waals surface area contributed by atoms with Gasteiger partial charge in [0.25, 0.3) is 0 Å². The fraction of sp³-hybridized carbons (Fsp3) is 0.714. The maximum Gasteiger partial charge on any atom is 0.469 e. The van der Waals surface area contributed by atoms with Crippen molar-refractivity contribution in [1.29, 1.82) is 0 Å². The van der Waals surface area contributed by atoms with Crippen molar-refractivity contribution in [3.05, 3.63) is 60.8 Å². The molecule has 0 aromatic rings. The third-order valence-electron chi connectivity index (χ3n) is 8.33. The lowest BCUT2D eigenvalue weighted by molar-refractivity contribution is -0.161. The van der Waals surface area contributed by atoms with Gasteiger partial charge in [-0.05, 0) is 50.9 Å². The van der Waals surface area contributed by atoms with Gasteiger partial charge in [0.05, 0.1) is 12.7 Å². The lowest BCUT2D eigenvalue weighted by Crippen LogP contribution is -2.29. The number of hydrogen-bond donors (Lipinski definition) is 3. The zero-order chi connectivity index (χ0) is 38.5. The van der Waals surface area contributed by atoms with Crippen molar-refractivity contribution in [2.24, 2.45) is 5.92 Å². The molecule has 300 valence electrons. The van der Waals surface area contributed by atoms with Gasteiger partial charge in [0.15, 0.2) is 6.10 Å². The standard InChI is InChI=1S/C42H73O9P/c1-4-5-6-7-8-9-10-12-16-19-22-25-28-32-39(43)33-30-35-41(44)49-36-40(37-50-52(46,47)48)51-42(45)34-29-26-23-20-17-14-11-13-15-18-21-24-27-31-38(2)3/h5-6,8-9,12,16,22,25,28,32,38-40,43H,4,7,10-11,13-15,17-21,23-24,26-27,29-31,33-37H2,1-3H3,(H2,46,47,48)/b6-5-,9-8-,16-12-,25-22-,32-28+/t39?,40-/m1/s1. The SMILES string of the molecule is CC/C=C\C/C=C\C/C=C\C/C=C\C=C\C(O)CCCC(=O)OC[C@H](COP(=O)(O)O)OC(=O)CCCCCCCCCCCCCCCC(C)C. The summed E-state index contributed by atoms with van der Waals surface area (Å²) in [6.07, 6.45) is 39.8. The van der Waals surface area contributed by atoms with Crippen LogP contribution in [0.4, 0.5) is 0 Å². The van der Waals surface area contributed by atoms with Crippen LogP contribution in [-0.2, 0) is 28.2 Å². The molecule has 0 rings (SSSR count). The minimum Gasteiger partial charge on any atom is -0.462 e. The van der Waals surface area contributed by atoms with Crippen molar-refractivity contribution < 1.29 is 43.0 Å². The number of esters is 2. The van der Waals surface area contributed by atoms with Crippen molar-refractivity contribution in [3.63, 3.8) is 0 Å². The van der Waals surface area contributed by atoms with Gasteiger partial charge in [-0.2, -0.15) is 0 Å². The smallest absolute Gasteiger partial charge is 0.462 e. The molecule has 0 aliphatic rings. The van der Waals surface area contributed by atoms with Gasteiger partial charge in [-0.15, -0.1) is 0 Å². The second-order valence-electron chi connectivity index (χ2n) is 13.9. The summed E-state index contributed by atoms with van der Waals surface area (Å²) in [5.74, 6) is -0.277. The molecule has 0 radical (unpaired) electrons. The van der Waals surface area contributed by atoms with Crippen LogP contribution in [0.15, 0.2) is 60.8 Å². The van der Waals surface area contributed by atoms with E-state index in [0.717, 1.165) is 50.9 Å². The number of aliphatic hydroxyl groups excluding tert-OH is 1.